The Morgan fingerprint density at radius 2 is 1.29 bits per heavy atom. The van der Waals surface area contributed by atoms with Crippen molar-refractivity contribution in [2.75, 3.05) is 19.4 Å². The second-order valence-electron chi connectivity index (χ2n) is 7.40. The van der Waals surface area contributed by atoms with Crippen molar-refractivity contribution in [3.63, 3.8) is 0 Å². The van der Waals surface area contributed by atoms with Crippen LogP contribution >= 0.6 is 7.60 Å². The van der Waals surface area contributed by atoms with Crippen molar-refractivity contribution in [2.45, 2.75) is 85.5 Å². The van der Waals surface area contributed by atoms with E-state index in [1.54, 1.807) is 0 Å². The summed E-state index contributed by atoms with van der Waals surface area (Å²) in [5.41, 5.74) is 0. The maximum atomic E-state index is 12.7. The summed E-state index contributed by atoms with van der Waals surface area (Å²) in [6.45, 7) is 9.83. The van der Waals surface area contributed by atoms with Gasteiger partial charge < -0.3 is 9.05 Å². The van der Waals surface area contributed by atoms with E-state index in [4.69, 9.17) is 14.3 Å². The molecular formula is C19H38NO3P. The standard InChI is InChI=1S/C19H38NO3P/c1-18(2)12-7-5-9-15-22-24(21,17-11-14-20)23-16-10-6-8-13-19(3)4/h18-19H,5-13,15-17H2,1-4H3. The quantitative estimate of drug-likeness (QED) is 0.231. The van der Waals surface area contributed by atoms with E-state index in [1.807, 2.05) is 6.07 Å². The van der Waals surface area contributed by atoms with E-state index in [9.17, 15) is 4.57 Å². The lowest BCUT2D eigenvalue weighted by atomic mass is 10.1. The molecule has 0 aliphatic rings. The van der Waals surface area contributed by atoms with Gasteiger partial charge in [0.15, 0.2) is 0 Å². The molecule has 0 aromatic rings. The fourth-order valence-electron chi connectivity index (χ4n) is 2.42. The second kappa shape index (κ2) is 14.9. The number of nitriles is 1. The monoisotopic (exact) mass is 359 g/mol. The highest BCUT2D eigenvalue weighted by Crippen LogP contribution is 2.49. The smallest absolute Gasteiger partial charge is 0.309 e. The summed E-state index contributed by atoms with van der Waals surface area (Å²) in [5.74, 6) is 1.46. The van der Waals surface area contributed by atoms with Crippen molar-refractivity contribution in [3.8, 4) is 6.07 Å². The fourth-order valence-corrected chi connectivity index (χ4v) is 3.94. The molecule has 0 aliphatic carbocycles. The summed E-state index contributed by atoms with van der Waals surface area (Å²) in [7, 11) is -3.09. The molecule has 0 saturated carbocycles. The van der Waals surface area contributed by atoms with E-state index in [0.29, 0.717) is 13.2 Å². The van der Waals surface area contributed by atoms with Crippen LogP contribution in [0.3, 0.4) is 0 Å². The Morgan fingerprint density at radius 3 is 1.67 bits per heavy atom. The van der Waals surface area contributed by atoms with Gasteiger partial charge in [0.2, 0.25) is 0 Å². The Bertz CT molecular complexity index is 353. The lowest BCUT2D eigenvalue weighted by molar-refractivity contribution is 0.197. The highest BCUT2D eigenvalue weighted by atomic mass is 31.2. The summed E-state index contributed by atoms with van der Waals surface area (Å²) in [6, 6.07) is 2.04. The first-order chi connectivity index (χ1) is 11.4. The Kier molecular flexibility index (Phi) is 14.7. The molecule has 4 nitrogen and oxygen atoms in total. The Morgan fingerprint density at radius 1 is 0.833 bits per heavy atom. The zero-order chi connectivity index (χ0) is 18.3. The van der Waals surface area contributed by atoms with Gasteiger partial charge in [0, 0.05) is 6.42 Å². The van der Waals surface area contributed by atoms with Crippen LogP contribution in [0, 0.1) is 23.2 Å². The molecule has 24 heavy (non-hydrogen) atoms. The van der Waals surface area contributed by atoms with E-state index in [1.165, 1.54) is 25.7 Å². The van der Waals surface area contributed by atoms with Crippen molar-refractivity contribution >= 4 is 7.60 Å². The summed E-state index contributed by atoms with van der Waals surface area (Å²) in [4.78, 5) is 0. The predicted octanol–water partition coefficient (Wildman–Crippen LogP) is 6.56. The Balaban J connectivity index is 3.94. The summed E-state index contributed by atoms with van der Waals surface area (Å²) >= 11 is 0. The van der Waals surface area contributed by atoms with Crippen molar-refractivity contribution < 1.29 is 13.6 Å². The van der Waals surface area contributed by atoms with Gasteiger partial charge in [-0.25, -0.2) is 0 Å². The van der Waals surface area contributed by atoms with Gasteiger partial charge in [0.1, 0.15) is 0 Å². The number of hydrogen-bond donors (Lipinski definition) is 0. The zero-order valence-electron chi connectivity index (χ0n) is 16.3. The Labute approximate surface area is 149 Å². The highest BCUT2D eigenvalue weighted by Gasteiger charge is 2.23. The average molecular weight is 359 g/mol. The van der Waals surface area contributed by atoms with Gasteiger partial charge >= 0.3 is 7.60 Å². The van der Waals surface area contributed by atoms with Crippen LogP contribution in [-0.2, 0) is 13.6 Å². The molecule has 0 spiro atoms. The van der Waals surface area contributed by atoms with Crippen molar-refractivity contribution in [3.05, 3.63) is 0 Å². The van der Waals surface area contributed by atoms with E-state index in [-0.39, 0.29) is 12.6 Å². The van der Waals surface area contributed by atoms with E-state index < -0.39 is 7.60 Å². The van der Waals surface area contributed by atoms with Gasteiger partial charge in [0.05, 0.1) is 25.4 Å². The van der Waals surface area contributed by atoms with Gasteiger partial charge in [-0.05, 0) is 24.7 Å². The molecule has 0 aromatic heterocycles. The third-order valence-electron chi connectivity index (χ3n) is 3.93. The molecule has 0 radical (unpaired) electrons. The van der Waals surface area contributed by atoms with Crippen LogP contribution in [0.4, 0.5) is 0 Å². The number of hydrogen-bond acceptors (Lipinski definition) is 4. The fraction of sp³-hybridized carbons (Fsp3) is 0.947. The lowest BCUT2D eigenvalue weighted by Gasteiger charge is -2.18. The normalized spacial score (nSPS) is 12.0. The molecule has 0 fully saturated rings. The van der Waals surface area contributed by atoms with Gasteiger partial charge in [-0.3, -0.25) is 4.57 Å². The maximum absolute atomic E-state index is 12.7. The largest absolute Gasteiger partial charge is 0.331 e. The maximum Gasteiger partial charge on any atom is 0.331 e. The molecule has 0 saturated heterocycles. The van der Waals surface area contributed by atoms with Crippen LogP contribution in [0.1, 0.15) is 85.5 Å². The number of unbranched alkanes of at least 4 members (excludes halogenated alkanes) is 4. The number of nitrogens with zero attached hydrogens (tertiary/aromatic N) is 1. The molecular weight excluding hydrogens is 321 g/mol. The molecule has 0 rings (SSSR count). The molecule has 0 aliphatic heterocycles. The molecule has 142 valence electrons. The van der Waals surface area contributed by atoms with Crippen molar-refractivity contribution in [2.24, 2.45) is 11.8 Å². The van der Waals surface area contributed by atoms with Crippen molar-refractivity contribution in [1.82, 2.24) is 0 Å². The predicted molar refractivity (Wildman–Crippen MR) is 101 cm³/mol. The summed E-state index contributed by atoms with van der Waals surface area (Å²) in [6.07, 6.45) is 9.22. The molecule has 0 bridgehead atoms. The van der Waals surface area contributed by atoms with Gasteiger partial charge in [-0.2, -0.15) is 5.26 Å². The molecule has 0 heterocycles. The highest BCUT2D eigenvalue weighted by molar-refractivity contribution is 7.53. The minimum absolute atomic E-state index is 0.210. The molecule has 0 aromatic carbocycles. The molecule has 0 atom stereocenters. The van der Waals surface area contributed by atoms with Crippen LogP contribution in [0.25, 0.3) is 0 Å². The van der Waals surface area contributed by atoms with E-state index in [0.717, 1.165) is 37.5 Å². The molecule has 0 unspecified atom stereocenters. The van der Waals surface area contributed by atoms with Gasteiger partial charge in [-0.1, -0.05) is 66.2 Å². The van der Waals surface area contributed by atoms with Crippen LogP contribution < -0.4 is 0 Å². The first kappa shape index (κ1) is 23.6. The minimum Gasteiger partial charge on any atom is -0.309 e. The van der Waals surface area contributed by atoms with Crippen LogP contribution in [-0.4, -0.2) is 19.4 Å². The van der Waals surface area contributed by atoms with E-state index >= 15 is 0 Å². The van der Waals surface area contributed by atoms with Crippen LogP contribution in [0.15, 0.2) is 0 Å². The first-order valence-corrected chi connectivity index (χ1v) is 11.4. The lowest BCUT2D eigenvalue weighted by Crippen LogP contribution is -2.03. The van der Waals surface area contributed by atoms with Crippen molar-refractivity contribution in [1.29, 1.82) is 5.26 Å². The molecule has 0 N–H and O–H groups in total. The van der Waals surface area contributed by atoms with Gasteiger partial charge in [-0.15, -0.1) is 0 Å². The van der Waals surface area contributed by atoms with E-state index in [2.05, 4.69) is 27.7 Å². The molecule has 5 heteroatoms. The van der Waals surface area contributed by atoms with Crippen LogP contribution in [0.2, 0.25) is 0 Å². The second-order valence-corrected chi connectivity index (χ2v) is 9.58. The SMILES string of the molecule is CC(C)CCCCCOP(=O)(CCC#N)OCCCCCC(C)C. The number of rotatable bonds is 16. The Hall–Kier alpha value is -0.360. The average Bonchev–Trinajstić information content (AvgIpc) is 2.52. The third kappa shape index (κ3) is 15.2. The molecule has 0 amide bonds. The summed E-state index contributed by atoms with van der Waals surface area (Å²) < 4.78 is 23.8. The van der Waals surface area contributed by atoms with Crippen LogP contribution in [0.5, 0.6) is 0 Å². The minimum atomic E-state index is -3.09. The zero-order valence-corrected chi connectivity index (χ0v) is 17.2. The summed E-state index contributed by atoms with van der Waals surface area (Å²) in [5, 5.41) is 8.73. The topological polar surface area (TPSA) is 59.3 Å². The van der Waals surface area contributed by atoms with Gasteiger partial charge in [0.25, 0.3) is 0 Å². The first-order valence-electron chi connectivity index (χ1n) is 9.64. The third-order valence-corrected chi connectivity index (χ3v) is 5.85.